The Morgan fingerprint density at radius 3 is 2.69 bits per heavy atom. The van der Waals surface area contributed by atoms with E-state index in [-0.39, 0.29) is 33.7 Å². The van der Waals surface area contributed by atoms with Crippen molar-refractivity contribution in [2.75, 3.05) is 6.61 Å². The minimum atomic E-state index is -3.90. The average molecular weight is 438 g/mol. The number of nitrogens with one attached hydrogen (secondary N) is 1. The minimum Gasteiger partial charge on any atom is -0.462 e. The van der Waals surface area contributed by atoms with E-state index >= 15 is 0 Å². The molecule has 2 aromatic rings. The second-order valence-corrected chi connectivity index (χ2v) is 8.29. The van der Waals surface area contributed by atoms with E-state index in [1.165, 1.54) is 18.2 Å². The van der Waals surface area contributed by atoms with Gasteiger partial charge in [-0.25, -0.2) is 17.9 Å². The molecule has 0 radical (unpaired) electrons. The lowest BCUT2D eigenvalue weighted by molar-refractivity contribution is 0.0526. The zero-order valence-electron chi connectivity index (χ0n) is 13.9. The van der Waals surface area contributed by atoms with Gasteiger partial charge >= 0.3 is 5.97 Å². The molecular formula is C18H16BrNO5S. The van der Waals surface area contributed by atoms with Gasteiger partial charge in [-0.15, -0.1) is 0 Å². The summed E-state index contributed by atoms with van der Waals surface area (Å²) in [7, 11) is -3.90. The molecule has 2 aromatic carbocycles. The molecule has 0 heterocycles. The van der Waals surface area contributed by atoms with E-state index in [4.69, 9.17) is 4.74 Å². The average Bonchev–Trinajstić information content (AvgIpc) is 2.90. The van der Waals surface area contributed by atoms with E-state index in [0.29, 0.717) is 11.1 Å². The highest BCUT2D eigenvalue weighted by Gasteiger charge is 2.33. The number of halogens is 1. The molecule has 0 aliphatic heterocycles. The Labute approximate surface area is 159 Å². The Balaban J connectivity index is 1.88. The first kappa shape index (κ1) is 18.8. The Morgan fingerprint density at radius 1 is 1.27 bits per heavy atom. The quantitative estimate of drug-likeness (QED) is 0.725. The van der Waals surface area contributed by atoms with E-state index in [1.807, 2.05) is 0 Å². The van der Waals surface area contributed by atoms with Gasteiger partial charge in [0.2, 0.25) is 10.0 Å². The third-order valence-electron chi connectivity index (χ3n) is 4.06. The number of hydrogen-bond acceptors (Lipinski definition) is 5. The molecule has 1 atom stereocenters. The molecular weight excluding hydrogens is 422 g/mol. The molecule has 0 aromatic heterocycles. The van der Waals surface area contributed by atoms with Crippen molar-refractivity contribution < 1.29 is 22.7 Å². The molecule has 1 aliphatic carbocycles. The lowest BCUT2D eigenvalue weighted by Gasteiger charge is -2.15. The number of hydrogen-bond donors (Lipinski definition) is 1. The van der Waals surface area contributed by atoms with Gasteiger partial charge in [-0.3, -0.25) is 4.79 Å². The van der Waals surface area contributed by atoms with Crippen molar-refractivity contribution in [2.24, 2.45) is 0 Å². The number of Topliss-reactive ketones (excluding diaryl/α,β-unsaturated/α-hetero) is 1. The first-order valence-corrected chi connectivity index (χ1v) is 10.2. The second-order valence-electron chi connectivity index (χ2n) is 5.75. The number of rotatable bonds is 5. The van der Waals surface area contributed by atoms with Gasteiger partial charge in [0, 0.05) is 16.5 Å². The molecule has 6 nitrogen and oxygen atoms in total. The molecule has 0 amide bonds. The number of fused-ring (bicyclic) bond motifs is 1. The van der Waals surface area contributed by atoms with E-state index in [2.05, 4.69) is 20.7 Å². The summed E-state index contributed by atoms with van der Waals surface area (Å²) in [5.74, 6) is -0.620. The van der Waals surface area contributed by atoms with Crippen LogP contribution in [0.1, 0.15) is 45.7 Å². The molecule has 0 saturated carbocycles. The third-order valence-corrected chi connectivity index (χ3v) is 6.50. The SMILES string of the molecule is CCOC(=O)c1ccc(S(=O)(=O)N[C@H]2CC(=O)c3ccccc32)c(Br)c1. The summed E-state index contributed by atoms with van der Waals surface area (Å²) < 4.78 is 33.3. The Bertz CT molecular complexity index is 987. The van der Waals surface area contributed by atoms with Crippen LogP contribution in [-0.2, 0) is 14.8 Å². The van der Waals surface area contributed by atoms with Gasteiger partial charge in [0.25, 0.3) is 0 Å². The van der Waals surface area contributed by atoms with Crippen LogP contribution in [0.15, 0.2) is 51.8 Å². The van der Waals surface area contributed by atoms with E-state index in [9.17, 15) is 18.0 Å². The fraction of sp³-hybridized carbons (Fsp3) is 0.222. The Kier molecular flexibility index (Phi) is 5.27. The molecule has 1 aliphatic rings. The highest BCUT2D eigenvalue weighted by atomic mass is 79.9. The zero-order valence-corrected chi connectivity index (χ0v) is 16.3. The summed E-state index contributed by atoms with van der Waals surface area (Å²) in [4.78, 5) is 23.8. The van der Waals surface area contributed by atoms with Gasteiger partial charge in [0.15, 0.2) is 5.78 Å². The first-order valence-electron chi connectivity index (χ1n) is 7.94. The van der Waals surface area contributed by atoms with Crippen molar-refractivity contribution in [3.8, 4) is 0 Å². The summed E-state index contributed by atoms with van der Waals surface area (Å²) in [5.41, 5.74) is 1.45. The van der Waals surface area contributed by atoms with Crippen LogP contribution in [-0.4, -0.2) is 26.8 Å². The fourth-order valence-corrected chi connectivity index (χ4v) is 5.17. The Morgan fingerprint density at radius 2 is 2.00 bits per heavy atom. The number of carbonyl (C=O) groups excluding carboxylic acids is 2. The highest BCUT2D eigenvalue weighted by molar-refractivity contribution is 9.10. The lowest BCUT2D eigenvalue weighted by atomic mass is 10.1. The maximum Gasteiger partial charge on any atom is 0.338 e. The monoisotopic (exact) mass is 437 g/mol. The number of sulfonamides is 1. The number of esters is 1. The van der Waals surface area contributed by atoms with Crippen LogP contribution < -0.4 is 4.72 Å². The number of benzene rings is 2. The molecule has 0 spiro atoms. The summed E-state index contributed by atoms with van der Waals surface area (Å²) in [6, 6.07) is 10.5. The smallest absolute Gasteiger partial charge is 0.338 e. The predicted octanol–water partition coefficient (Wildman–Crippen LogP) is 3.23. The predicted molar refractivity (Wildman–Crippen MR) is 98.6 cm³/mol. The van der Waals surface area contributed by atoms with Crippen molar-refractivity contribution in [1.29, 1.82) is 0 Å². The van der Waals surface area contributed by atoms with Gasteiger partial charge in [-0.2, -0.15) is 0 Å². The van der Waals surface area contributed by atoms with E-state index in [0.717, 1.165) is 0 Å². The third kappa shape index (κ3) is 3.58. The van der Waals surface area contributed by atoms with Crippen molar-refractivity contribution in [1.82, 2.24) is 4.72 Å². The molecule has 136 valence electrons. The van der Waals surface area contributed by atoms with Crippen LogP contribution in [0.3, 0.4) is 0 Å². The molecule has 0 unspecified atom stereocenters. The molecule has 3 rings (SSSR count). The van der Waals surface area contributed by atoms with Crippen LogP contribution in [0.5, 0.6) is 0 Å². The van der Waals surface area contributed by atoms with Gasteiger partial charge in [0.1, 0.15) is 0 Å². The Hall–Kier alpha value is -2.03. The van der Waals surface area contributed by atoms with Gasteiger partial charge in [-0.1, -0.05) is 24.3 Å². The van der Waals surface area contributed by atoms with Crippen molar-refractivity contribution in [2.45, 2.75) is 24.3 Å². The molecule has 0 fully saturated rings. The molecule has 26 heavy (non-hydrogen) atoms. The maximum atomic E-state index is 12.8. The second kappa shape index (κ2) is 7.30. The normalized spacial score (nSPS) is 16.4. The van der Waals surface area contributed by atoms with Crippen LogP contribution in [0, 0.1) is 0 Å². The van der Waals surface area contributed by atoms with Crippen molar-refractivity contribution in [3.05, 3.63) is 63.6 Å². The van der Waals surface area contributed by atoms with Gasteiger partial charge < -0.3 is 4.74 Å². The molecule has 8 heteroatoms. The summed E-state index contributed by atoms with van der Waals surface area (Å²) >= 11 is 3.20. The minimum absolute atomic E-state index is 0.0117. The van der Waals surface area contributed by atoms with Crippen LogP contribution in [0.4, 0.5) is 0 Å². The maximum absolute atomic E-state index is 12.8. The summed E-state index contributed by atoms with van der Waals surface area (Å²) in [6.45, 7) is 1.92. The number of carbonyl (C=O) groups is 2. The van der Waals surface area contributed by atoms with Crippen LogP contribution in [0.2, 0.25) is 0 Å². The molecule has 1 N–H and O–H groups in total. The van der Waals surface area contributed by atoms with Gasteiger partial charge in [-0.05, 0) is 46.6 Å². The summed E-state index contributed by atoms with van der Waals surface area (Å²) in [5, 5.41) is 0. The standard InChI is InChI=1S/C18H16BrNO5S/c1-2-25-18(22)11-7-8-17(14(19)9-11)26(23,24)20-15-10-16(21)13-6-4-3-5-12(13)15/h3-9,15,20H,2,10H2,1H3/t15-/m0/s1. The molecule has 0 bridgehead atoms. The zero-order chi connectivity index (χ0) is 18.9. The van der Waals surface area contributed by atoms with Crippen molar-refractivity contribution >= 4 is 37.7 Å². The highest BCUT2D eigenvalue weighted by Crippen LogP contribution is 2.33. The molecule has 0 saturated heterocycles. The van der Waals surface area contributed by atoms with Gasteiger partial charge in [0.05, 0.1) is 23.1 Å². The lowest BCUT2D eigenvalue weighted by Crippen LogP contribution is -2.28. The van der Waals surface area contributed by atoms with Crippen LogP contribution >= 0.6 is 15.9 Å². The first-order chi connectivity index (χ1) is 12.3. The number of ketones is 1. The fourth-order valence-electron chi connectivity index (χ4n) is 2.88. The van der Waals surface area contributed by atoms with E-state index < -0.39 is 22.0 Å². The topological polar surface area (TPSA) is 89.5 Å². The van der Waals surface area contributed by atoms with Crippen molar-refractivity contribution in [3.63, 3.8) is 0 Å². The summed E-state index contributed by atoms with van der Waals surface area (Å²) in [6.07, 6.45) is 0.0805. The largest absolute Gasteiger partial charge is 0.462 e. The van der Waals surface area contributed by atoms with Crippen LogP contribution in [0.25, 0.3) is 0 Å². The number of ether oxygens (including phenoxy) is 1. The van der Waals surface area contributed by atoms with E-state index in [1.54, 1.807) is 31.2 Å².